The van der Waals surface area contributed by atoms with E-state index in [0.29, 0.717) is 10.3 Å². The lowest BCUT2D eigenvalue weighted by molar-refractivity contribution is -0.608. The van der Waals surface area contributed by atoms with Crippen LogP contribution in [-0.4, -0.2) is 23.4 Å². The van der Waals surface area contributed by atoms with E-state index >= 15 is 0 Å². The van der Waals surface area contributed by atoms with Gasteiger partial charge in [0.2, 0.25) is 0 Å². The van der Waals surface area contributed by atoms with Crippen molar-refractivity contribution >= 4 is 23.3 Å². The van der Waals surface area contributed by atoms with Crippen LogP contribution in [-0.2, 0) is 9.53 Å². The van der Waals surface area contributed by atoms with Gasteiger partial charge >= 0.3 is 11.7 Å². The summed E-state index contributed by atoms with van der Waals surface area (Å²) in [6, 6.07) is 7.03. The predicted molar refractivity (Wildman–Crippen MR) is 86.9 cm³/mol. The molecule has 0 aliphatic rings. The SMILES string of the molecule is Cc1ccc([N+](=O)[O-])c(NC(=O)COC(=O)c2cccc[n+]2[O-])c1C. The quantitative estimate of drug-likeness (QED) is 0.289. The Bertz CT molecular complexity index is 850. The molecule has 1 aromatic heterocycles. The summed E-state index contributed by atoms with van der Waals surface area (Å²) in [7, 11) is 0. The third-order valence-corrected chi connectivity index (χ3v) is 3.54. The van der Waals surface area contributed by atoms with Crippen LogP contribution < -0.4 is 10.0 Å². The van der Waals surface area contributed by atoms with Crippen molar-refractivity contribution in [3.63, 3.8) is 0 Å². The topological polar surface area (TPSA) is 125 Å². The minimum atomic E-state index is -0.971. The molecule has 0 unspecified atom stereocenters. The number of hydrogen-bond acceptors (Lipinski definition) is 6. The molecular formula is C16H15N3O6. The van der Waals surface area contributed by atoms with E-state index < -0.39 is 23.4 Å². The van der Waals surface area contributed by atoms with E-state index in [2.05, 4.69) is 5.32 Å². The van der Waals surface area contributed by atoms with Gasteiger partial charge in [0.1, 0.15) is 5.69 Å². The average Bonchev–Trinajstić information content (AvgIpc) is 2.57. The molecule has 25 heavy (non-hydrogen) atoms. The Morgan fingerprint density at radius 1 is 1.24 bits per heavy atom. The van der Waals surface area contributed by atoms with Gasteiger partial charge in [0.05, 0.1) is 4.92 Å². The Kier molecular flexibility index (Phi) is 5.28. The molecule has 9 heteroatoms. The maximum atomic E-state index is 12.0. The van der Waals surface area contributed by atoms with Gasteiger partial charge in [0.15, 0.2) is 12.8 Å². The molecule has 0 saturated carbocycles. The number of amides is 1. The molecule has 130 valence electrons. The summed E-state index contributed by atoms with van der Waals surface area (Å²) in [4.78, 5) is 34.2. The van der Waals surface area contributed by atoms with Gasteiger partial charge in [-0.2, -0.15) is 4.73 Å². The number of rotatable bonds is 5. The predicted octanol–water partition coefficient (Wildman–Crippen LogP) is 1.64. The monoisotopic (exact) mass is 345 g/mol. The Labute approximate surface area is 142 Å². The molecule has 1 N–H and O–H groups in total. The lowest BCUT2D eigenvalue weighted by Crippen LogP contribution is -2.35. The van der Waals surface area contributed by atoms with Crippen LogP contribution in [0.1, 0.15) is 21.6 Å². The van der Waals surface area contributed by atoms with Gasteiger partial charge in [0, 0.05) is 18.2 Å². The maximum Gasteiger partial charge on any atom is 0.405 e. The summed E-state index contributed by atoms with van der Waals surface area (Å²) >= 11 is 0. The van der Waals surface area contributed by atoms with Crippen molar-refractivity contribution < 1.29 is 24.0 Å². The van der Waals surface area contributed by atoms with Gasteiger partial charge in [-0.1, -0.05) is 6.07 Å². The number of nitrogens with one attached hydrogen (secondary N) is 1. The van der Waals surface area contributed by atoms with Crippen LogP contribution >= 0.6 is 0 Å². The second-order valence-electron chi connectivity index (χ2n) is 5.19. The molecule has 0 atom stereocenters. The number of aromatic nitrogens is 1. The first-order valence-electron chi connectivity index (χ1n) is 7.21. The summed E-state index contributed by atoms with van der Waals surface area (Å²) < 4.78 is 5.09. The zero-order valence-corrected chi connectivity index (χ0v) is 13.5. The highest BCUT2D eigenvalue weighted by Gasteiger charge is 2.22. The van der Waals surface area contributed by atoms with E-state index in [9.17, 15) is 24.9 Å². The Morgan fingerprint density at radius 3 is 2.60 bits per heavy atom. The van der Waals surface area contributed by atoms with E-state index in [1.54, 1.807) is 19.9 Å². The number of nitrogens with zero attached hydrogens (tertiary/aromatic N) is 2. The molecule has 9 nitrogen and oxygen atoms in total. The van der Waals surface area contributed by atoms with Crippen molar-refractivity contribution in [1.82, 2.24) is 0 Å². The number of aryl methyl sites for hydroxylation is 1. The van der Waals surface area contributed by atoms with Gasteiger partial charge < -0.3 is 15.3 Å². The second kappa shape index (κ2) is 7.39. The number of esters is 1. The molecule has 0 radical (unpaired) electrons. The highest BCUT2D eigenvalue weighted by atomic mass is 16.6. The molecule has 2 rings (SSSR count). The molecule has 2 aromatic rings. The van der Waals surface area contributed by atoms with E-state index in [0.717, 1.165) is 11.8 Å². The van der Waals surface area contributed by atoms with Crippen molar-refractivity contribution in [2.24, 2.45) is 0 Å². The molecule has 1 amide bonds. The first kappa shape index (κ1) is 17.9. The molecular weight excluding hydrogens is 330 g/mol. The van der Waals surface area contributed by atoms with E-state index in [-0.39, 0.29) is 17.1 Å². The number of nitro groups is 1. The van der Waals surface area contributed by atoms with Gasteiger partial charge in [-0.05, 0) is 31.0 Å². The Balaban J connectivity index is 2.09. The normalized spacial score (nSPS) is 10.2. The molecule has 0 aliphatic heterocycles. The number of carbonyl (C=O) groups is 2. The van der Waals surface area contributed by atoms with E-state index in [1.165, 1.54) is 24.3 Å². The largest absolute Gasteiger partial charge is 0.618 e. The van der Waals surface area contributed by atoms with Crippen molar-refractivity contribution in [3.8, 4) is 0 Å². The van der Waals surface area contributed by atoms with Crippen LogP contribution in [0.4, 0.5) is 11.4 Å². The van der Waals surface area contributed by atoms with Crippen LogP contribution in [0.5, 0.6) is 0 Å². The molecule has 1 aromatic carbocycles. The van der Waals surface area contributed by atoms with Gasteiger partial charge in [0.25, 0.3) is 11.6 Å². The number of carbonyl (C=O) groups excluding carboxylic acids is 2. The van der Waals surface area contributed by atoms with Crippen LogP contribution in [0.3, 0.4) is 0 Å². The van der Waals surface area contributed by atoms with Crippen LogP contribution in [0.15, 0.2) is 36.5 Å². The van der Waals surface area contributed by atoms with Gasteiger partial charge in [-0.3, -0.25) is 14.9 Å². The molecule has 1 heterocycles. The molecule has 0 spiro atoms. The highest BCUT2D eigenvalue weighted by Crippen LogP contribution is 2.30. The van der Waals surface area contributed by atoms with Crippen LogP contribution in [0, 0.1) is 29.2 Å². The van der Waals surface area contributed by atoms with Crippen molar-refractivity contribution in [2.75, 3.05) is 11.9 Å². The minimum absolute atomic E-state index is 0.0460. The summed E-state index contributed by atoms with van der Waals surface area (Å²) in [5.41, 5.74) is 0.810. The van der Waals surface area contributed by atoms with Crippen LogP contribution in [0.25, 0.3) is 0 Å². The lowest BCUT2D eigenvalue weighted by atomic mass is 10.1. The zero-order chi connectivity index (χ0) is 18.6. The summed E-state index contributed by atoms with van der Waals surface area (Å²) in [5.74, 6) is -1.72. The standard InChI is InChI=1S/C16H15N3O6/c1-10-6-7-12(19(23)24)15(11(10)2)17-14(20)9-25-16(21)13-5-3-4-8-18(13)22/h3-8H,9H2,1-2H3,(H,17,20). The van der Waals surface area contributed by atoms with Gasteiger partial charge in [-0.25, -0.2) is 4.79 Å². The number of pyridine rings is 1. The Morgan fingerprint density at radius 2 is 1.96 bits per heavy atom. The molecule has 0 fully saturated rings. The van der Waals surface area contributed by atoms with Gasteiger partial charge in [-0.15, -0.1) is 0 Å². The Hall–Kier alpha value is -3.49. The fourth-order valence-electron chi connectivity index (χ4n) is 2.08. The van der Waals surface area contributed by atoms with Crippen LogP contribution in [0.2, 0.25) is 0 Å². The molecule has 0 aliphatic carbocycles. The van der Waals surface area contributed by atoms with E-state index in [1.807, 2.05) is 0 Å². The maximum absolute atomic E-state index is 12.0. The number of ether oxygens (including phenoxy) is 1. The lowest BCUT2D eigenvalue weighted by Gasteiger charge is -2.11. The minimum Gasteiger partial charge on any atom is -0.618 e. The number of hydrogen-bond donors (Lipinski definition) is 1. The number of nitro benzene ring substituents is 1. The molecule has 0 bridgehead atoms. The summed E-state index contributed by atoms with van der Waals surface area (Å²) in [5, 5.41) is 24.9. The van der Waals surface area contributed by atoms with Crippen molar-refractivity contribution in [1.29, 1.82) is 0 Å². The third kappa shape index (κ3) is 4.08. The third-order valence-electron chi connectivity index (χ3n) is 3.54. The highest BCUT2D eigenvalue weighted by molar-refractivity contribution is 5.97. The second-order valence-corrected chi connectivity index (χ2v) is 5.19. The number of anilines is 1. The summed E-state index contributed by atoms with van der Waals surface area (Å²) in [6.07, 6.45) is 1.12. The summed E-state index contributed by atoms with van der Waals surface area (Å²) in [6.45, 7) is 2.70. The smallest absolute Gasteiger partial charge is 0.405 e. The fraction of sp³-hybridized carbons (Fsp3) is 0.188. The first-order valence-corrected chi connectivity index (χ1v) is 7.21. The van der Waals surface area contributed by atoms with Crippen molar-refractivity contribution in [2.45, 2.75) is 13.8 Å². The first-order chi connectivity index (χ1) is 11.8. The fourth-order valence-corrected chi connectivity index (χ4v) is 2.08. The van der Waals surface area contributed by atoms with Crippen molar-refractivity contribution in [3.05, 3.63) is 68.7 Å². The zero-order valence-electron chi connectivity index (χ0n) is 13.5. The van der Waals surface area contributed by atoms with E-state index in [4.69, 9.17) is 4.74 Å². The number of benzene rings is 1. The molecule has 0 saturated heterocycles. The average molecular weight is 345 g/mol.